The van der Waals surface area contributed by atoms with Crippen LogP contribution in [0.25, 0.3) is 11.3 Å². The first-order valence-electron chi connectivity index (χ1n) is 6.52. The molecule has 0 aliphatic heterocycles. The van der Waals surface area contributed by atoms with Crippen LogP contribution in [0.2, 0.25) is 0 Å². The first-order valence-corrected chi connectivity index (χ1v) is 6.52. The molecule has 0 spiro atoms. The van der Waals surface area contributed by atoms with Crippen LogP contribution in [0, 0.1) is 0 Å². The van der Waals surface area contributed by atoms with Gasteiger partial charge in [-0.3, -0.25) is 4.98 Å². The Morgan fingerprint density at radius 2 is 1.44 bits per heavy atom. The molecule has 2 rings (SSSR count). The molecule has 1 aromatic heterocycles. The largest absolute Gasteiger partial charge is 0.257 e. The smallest absolute Gasteiger partial charge is 0.0888 e. The van der Waals surface area contributed by atoms with Crippen molar-refractivity contribution in [2.75, 3.05) is 0 Å². The summed E-state index contributed by atoms with van der Waals surface area (Å²) in [6, 6.07) is 10.2. The predicted molar refractivity (Wildman–Crippen MR) is 75.6 cm³/mol. The van der Waals surface area contributed by atoms with Crippen molar-refractivity contribution in [2.24, 2.45) is 0 Å². The molecule has 0 aliphatic carbocycles. The van der Waals surface area contributed by atoms with Crippen LogP contribution in [-0.4, -0.2) is 9.97 Å². The standard InChI is InChI=1S/C16H20N2/c1-11(2)15-16(12(3)4)18-14(10-17-15)13-8-6-5-7-9-13/h5-12H,1-4H3. The van der Waals surface area contributed by atoms with Gasteiger partial charge in [0.1, 0.15) is 0 Å². The maximum Gasteiger partial charge on any atom is 0.0888 e. The Bertz CT molecular complexity index is 516. The molecule has 0 unspecified atom stereocenters. The van der Waals surface area contributed by atoms with Crippen molar-refractivity contribution < 1.29 is 0 Å². The van der Waals surface area contributed by atoms with E-state index in [4.69, 9.17) is 4.98 Å². The SMILES string of the molecule is CC(C)c1ncc(-c2ccccc2)nc1C(C)C. The summed E-state index contributed by atoms with van der Waals surface area (Å²) in [5, 5.41) is 0. The molecule has 0 radical (unpaired) electrons. The minimum Gasteiger partial charge on any atom is -0.257 e. The van der Waals surface area contributed by atoms with Crippen molar-refractivity contribution in [2.45, 2.75) is 39.5 Å². The third-order valence-electron chi connectivity index (χ3n) is 2.99. The Labute approximate surface area is 109 Å². The summed E-state index contributed by atoms with van der Waals surface area (Å²) in [4.78, 5) is 9.41. The molecule has 94 valence electrons. The lowest BCUT2D eigenvalue weighted by Gasteiger charge is -2.15. The van der Waals surface area contributed by atoms with Gasteiger partial charge < -0.3 is 0 Å². The molecule has 0 aliphatic rings. The van der Waals surface area contributed by atoms with E-state index in [1.54, 1.807) is 0 Å². The zero-order valence-corrected chi connectivity index (χ0v) is 11.5. The Balaban J connectivity index is 2.50. The number of aromatic nitrogens is 2. The van der Waals surface area contributed by atoms with Crippen molar-refractivity contribution in [3.05, 3.63) is 47.9 Å². The van der Waals surface area contributed by atoms with Gasteiger partial charge in [0, 0.05) is 5.56 Å². The molecule has 2 nitrogen and oxygen atoms in total. The number of benzene rings is 1. The average molecular weight is 240 g/mol. The normalized spacial score (nSPS) is 11.2. The second-order valence-corrected chi connectivity index (χ2v) is 5.20. The topological polar surface area (TPSA) is 25.8 Å². The van der Waals surface area contributed by atoms with Crippen LogP contribution in [0.15, 0.2) is 36.5 Å². The molecule has 2 heteroatoms. The highest BCUT2D eigenvalue weighted by atomic mass is 14.8. The molecule has 0 saturated carbocycles. The number of rotatable bonds is 3. The lowest BCUT2D eigenvalue weighted by Crippen LogP contribution is -2.06. The number of nitrogens with zero attached hydrogens (tertiary/aromatic N) is 2. The molecule has 18 heavy (non-hydrogen) atoms. The maximum atomic E-state index is 4.80. The van der Waals surface area contributed by atoms with Crippen LogP contribution >= 0.6 is 0 Å². The van der Waals surface area contributed by atoms with E-state index >= 15 is 0 Å². The number of hydrogen-bond acceptors (Lipinski definition) is 2. The van der Waals surface area contributed by atoms with Crippen molar-refractivity contribution >= 4 is 0 Å². The van der Waals surface area contributed by atoms with Gasteiger partial charge in [-0.05, 0) is 11.8 Å². The molecule has 0 saturated heterocycles. The van der Waals surface area contributed by atoms with E-state index in [1.165, 1.54) is 0 Å². The van der Waals surface area contributed by atoms with E-state index in [0.717, 1.165) is 22.6 Å². The van der Waals surface area contributed by atoms with E-state index in [0.29, 0.717) is 11.8 Å². The fourth-order valence-electron chi connectivity index (χ4n) is 2.03. The zero-order valence-electron chi connectivity index (χ0n) is 11.5. The van der Waals surface area contributed by atoms with Gasteiger partial charge in [0.15, 0.2) is 0 Å². The number of hydrogen-bond donors (Lipinski definition) is 0. The van der Waals surface area contributed by atoms with Gasteiger partial charge in [0.05, 0.1) is 23.3 Å². The average Bonchev–Trinajstić information content (AvgIpc) is 2.39. The highest BCUT2D eigenvalue weighted by Crippen LogP contribution is 2.25. The molecule has 0 amide bonds. The summed E-state index contributed by atoms with van der Waals surface area (Å²) in [6.07, 6.45) is 1.89. The minimum atomic E-state index is 0.401. The first-order chi connectivity index (χ1) is 8.59. The summed E-state index contributed by atoms with van der Waals surface area (Å²) in [7, 11) is 0. The first kappa shape index (κ1) is 12.7. The molecule has 0 fully saturated rings. The van der Waals surface area contributed by atoms with Gasteiger partial charge in [-0.2, -0.15) is 0 Å². The lowest BCUT2D eigenvalue weighted by atomic mass is 10.00. The van der Waals surface area contributed by atoms with E-state index in [-0.39, 0.29) is 0 Å². The fourth-order valence-corrected chi connectivity index (χ4v) is 2.03. The van der Waals surface area contributed by atoms with Gasteiger partial charge >= 0.3 is 0 Å². The molecule has 0 bridgehead atoms. The van der Waals surface area contributed by atoms with Gasteiger partial charge in [0.2, 0.25) is 0 Å². The summed E-state index contributed by atoms with van der Waals surface area (Å²) >= 11 is 0. The van der Waals surface area contributed by atoms with E-state index in [2.05, 4.69) is 44.8 Å². The highest BCUT2D eigenvalue weighted by molar-refractivity contribution is 5.58. The van der Waals surface area contributed by atoms with Crippen molar-refractivity contribution in [1.82, 2.24) is 9.97 Å². The molecule has 0 atom stereocenters. The van der Waals surface area contributed by atoms with Gasteiger partial charge in [-0.15, -0.1) is 0 Å². The van der Waals surface area contributed by atoms with E-state index < -0.39 is 0 Å². The predicted octanol–water partition coefficient (Wildman–Crippen LogP) is 4.39. The summed E-state index contributed by atoms with van der Waals surface area (Å²) in [5.41, 5.74) is 4.32. The Hall–Kier alpha value is -1.70. The summed E-state index contributed by atoms with van der Waals surface area (Å²) < 4.78 is 0. The molecular weight excluding hydrogens is 220 g/mol. The monoisotopic (exact) mass is 240 g/mol. The van der Waals surface area contributed by atoms with Crippen molar-refractivity contribution in [1.29, 1.82) is 0 Å². The van der Waals surface area contributed by atoms with Gasteiger partial charge in [0.25, 0.3) is 0 Å². The molecular formula is C16H20N2. The van der Waals surface area contributed by atoms with Crippen molar-refractivity contribution in [3.63, 3.8) is 0 Å². The second kappa shape index (κ2) is 5.30. The summed E-state index contributed by atoms with van der Waals surface area (Å²) in [6.45, 7) is 8.67. The van der Waals surface area contributed by atoms with Crippen LogP contribution in [0.4, 0.5) is 0 Å². The second-order valence-electron chi connectivity index (χ2n) is 5.20. The van der Waals surface area contributed by atoms with Crippen LogP contribution in [0.1, 0.15) is 50.9 Å². The zero-order chi connectivity index (χ0) is 13.1. The Kier molecular flexibility index (Phi) is 3.75. The molecule has 2 aromatic rings. The van der Waals surface area contributed by atoms with Gasteiger partial charge in [-0.25, -0.2) is 4.98 Å². The van der Waals surface area contributed by atoms with Crippen LogP contribution in [-0.2, 0) is 0 Å². The minimum absolute atomic E-state index is 0.401. The summed E-state index contributed by atoms with van der Waals surface area (Å²) in [5.74, 6) is 0.818. The van der Waals surface area contributed by atoms with E-state index in [1.807, 2.05) is 24.4 Å². The van der Waals surface area contributed by atoms with Crippen LogP contribution < -0.4 is 0 Å². The third kappa shape index (κ3) is 2.58. The lowest BCUT2D eigenvalue weighted by molar-refractivity contribution is 0.728. The van der Waals surface area contributed by atoms with Crippen molar-refractivity contribution in [3.8, 4) is 11.3 Å². The molecule has 0 N–H and O–H groups in total. The molecule has 1 heterocycles. The fraction of sp³-hybridized carbons (Fsp3) is 0.375. The maximum absolute atomic E-state index is 4.80. The van der Waals surface area contributed by atoms with Crippen LogP contribution in [0.3, 0.4) is 0 Å². The Morgan fingerprint density at radius 3 is 2.00 bits per heavy atom. The Morgan fingerprint density at radius 1 is 0.833 bits per heavy atom. The van der Waals surface area contributed by atoms with Crippen LogP contribution in [0.5, 0.6) is 0 Å². The quantitative estimate of drug-likeness (QED) is 0.795. The highest BCUT2D eigenvalue weighted by Gasteiger charge is 2.14. The molecule has 1 aromatic carbocycles. The third-order valence-corrected chi connectivity index (χ3v) is 2.99. The van der Waals surface area contributed by atoms with Gasteiger partial charge in [-0.1, -0.05) is 58.0 Å². The van der Waals surface area contributed by atoms with E-state index in [9.17, 15) is 0 Å².